The number of aromatic nitrogens is 1. The van der Waals surface area contributed by atoms with Gasteiger partial charge in [0.1, 0.15) is 11.0 Å². The maximum atomic E-state index is 12.0. The van der Waals surface area contributed by atoms with Crippen LogP contribution < -0.4 is 4.90 Å². The average molecular weight is 528 g/mol. The molecule has 0 saturated carbocycles. The fourth-order valence-corrected chi connectivity index (χ4v) is 5.48. The van der Waals surface area contributed by atoms with E-state index in [0.29, 0.717) is 18.9 Å². The normalized spacial score (nSPS) is 12.2. The summed E-state index contributed by atoms with van der Waals surface area (Å²) in [5.41, 5.74) is 6.83. The third-order valence-electron chi connectivity index (χ3n) is 6.72. The third-order valence-corrected chi connectivity index (χ3v) is 7.55. The Labute approximate surface area is 230 Å². The SMILES string of the molecule is CC(C)Cc1ccc(CN(C)c2ccc(-c3csc(CN(C)C(Cc4ccccc4)C(=O)O)n3)cc2)cc1. The van der Waals surface area contributed by atoms with Gasteiger partial charge in [0.2, 0.25) is 0 Å². The second-order valence-electron chi connectivity index (χ2n) is 10.4. The van der Waals surface area contributed by atoms with Gasteiger partial charge in [-0.3, -0.25) is 9.69 Å². The number of nitrogens with zero attached hydrogens (tertiary/aromatic N) is 3. The highest BCUT2D eigenvalue weighted by molar-refractivity contribution is 7.09. The van der Waals surface area contributed by atoms with Gasteiger partial charge in [0.25, 0.3) is 0 Å². The van der Waals surface area contributed by atoms with Gasteiger partial charge in [-0.25, -0.2) is 4.98 Å². The molecule has 0 aliphatic heterocycles. The van der Waals surface area contributed by atoms with E-state index in [2.05, 4.69) is 74.3 Å². The fraction of sp³-hybridized carbons (Fsp3) is 0.312. The second kappa shape index (κ2) is 12.9. The minimum absolute atomic E-state index is 0.460. The minimum Gasteiger partial charge on any atom is -0.480 e. The predicted octanol–water partition coefficient (Wildman–Crippen LogP) is 6.77. The molecule has 4 aromatic rings. The van der Waals surface area contributed by atoms with Crippen molar-refractivity contribution in [3.63, 3.8) is 0 Å². The lowest BCUT2D eigenvalue weighted by Gasteiger charge is -2.23. The molecule has 0 aliphatic carbocycles. The monoisotopic (exact) mass is 527 g/mol. The average Bonchev–Trinajstić information content (AvgIpc) is 3.37. The molecule has 1 unspecified atom stereocenters. The number of aliphatic carboxylic acids is 1. The lowest BCUT2D eigenvalue weighted by Crippen LogP contribution is -2.39. The van der Waals surface area contributed by atoms with Crippen LogP contribution >= 0.6 is 11.3 Å². The Bertz CT molecular complexity index is 1300. The molecule has 0 fully saturated rings. The molecular weight excluding hydrogens is 490 g/mol. The molecule has 6 heteroatoms. The number of benzene rings is 3. The van der Waals surface area contributed by atoms with Crippen LogP contribution in [0.4, 0.5) is 5.69 Å². The molecule has 3 aromatic carbocycles. The molecule has 1 aromatic heterocycles. The number of rotatable bonds is 12. The zero-order chi connectivity index (χ0) is 27.1. The third kappa shape index (κ3) is 7.53. The van der Waals surface area contributed by atoms with Gasteiger partial charge in [0.05, 0.1) is 12.2 Å². The van der Waals surface area contributed by atoms with Gasteiger partial charge in [0.15, 0.2) is 0 Å². The highest BCUT2D eigenvalue weighted by atomic mass is 32.1. The van der Waals surface area contributed by atoms with E-state index >= 15 is 0 Å². The summed E-state index contributed by atoms with van der Waals surface area (Å²) in [5, 5.41) is 12.8. The summed E-state index contributed by atoms with van der Waals surface area (Å²) >= 11 is 1.57. The van der Waals surface area contributed by atoms with Crippen molar-refractivity contribution >= 4 is 23.0 Å². The molecule has 4 rings (SSSR count). The van der Waals surface area contributed by atoms with Gasteiger partial charge in [-0.1, -0.05) is 80.6 Å². The molecule has 0 spiro atoms. The predicted molar refractivity (Wildman–Crippen MR) is 158 cm³/mol. The Morgan fingerprint density at radius 2 is 1.47 bits per heavy atom. The maximum absolute atomic E-state index is 12.0. The summed E-state index contributed by atoms with van der Waals surface area (Å²) < 4.78 is 0. The number of carboxylic acids is 1. The van der Waals surface area contributed by atoms with E-state index < -0.39 is 12.0 Å². The van der Waals surface area contributed by atoms with Crippen LogP contribution in [0, 0.1) is 5.92 Å². The number of hydrogen-bond acceptors (Lipinski definition) is 5. The van der Waals surface area contributed by atoms with Crippen LogP contribution in [0.15, 0.2) is 84.2 Å². The van der Waals surface area contributed by atoms with Crippen molar-refractivity contribution in [2.45, 2.75) is 45.8 Å². The van der Waals surface area contributed by atoms with Gasteiger partial charge < -0.3 is 10.0 Å². The lowest BCUT2D eigenvalue weighted by atomic mass is 10.0. The van der Waals surface area contributed by atoms with E-state index in [1.54, 1.807) is 11.3 Å². The van der Waals surface area contributed by atoms with Crippen molar-refractivity contribution in [3.05, 3.63) is 106 Å². The first-order chi connectivity index (χ1) is 18.3. The van der Waals surface area contributed by atoms with Crippen molar-refractivity contribution in [3.8, 4) is 11.3 Å². The van der Waals surface area contributed by atoms with Gasteiger partial charge in [-0.2, -0.15) is 0 Å². The van der Waals surface area contributed by atoms with E-state index in [4.69, 9.17) is 4.98 Å². The number of carboxylic acid groups (broad SMARTS) is 1. The van der Waals surface area contributed by atoms with E-state index in [1.165, 1.54) is 11.1 Å². The zero-order valence-corrected chi connectivity index (χ0v) is 23.5. The molecule has 1 heterocycles. The summed E-state index contributed by atoms with van der Waals surface area (Å²) in [6.45, 7) is 5.84. The van der Waals surface area contributed by atoms with Crippen LogP contribution in [0.25, 0.3) is 11.3 Å². The smallest absolute Gasteiger partial charge is 0.321 e. The Morgan fingerprint density at radius 3 is 2.11 bits per heavy atom. The molecule has 0 bridgehead atoms. The van der Waals surface area contributed by atoms with Crippen molar-refractivity contribution < 1.29 is 9.90 Å². The van der Waals surface area contributed by atoms with E-state index in [9.17, 15) is 9.90 Å². The van der Waals surface area contributed by atoms with Crippen LogP contribution in [0.1, 0.15) is 35.5 Å². The van der Waals surface area contributed by atoms with Crippen LogP contribution in [-0.2, 0) is 30.7 Å². The Balaban J connectivity index is 1.36. The zero-order valence-electron chi connectivity index (χ0n) is 22.7. The highest BCUT2D eigenvalue weighted by Crippen LogP contribution is 2.26. The fourth-order valence-electron chi connectivity index (χ4n) is 4.61. The van der Waals surface area contributed by atoms with E-state index in [-0.39, 0.29) is 0 Å². The second-order valence-corrected chi connectivity index (χ2v) is 11.3. The topological polar surface area (TPSA) is 56.7 Å². The number of thiazole rings is 1. The number of hydrogen-bond donors (Lipinski definition) is 1. The summed E-state index contributed by atoms with van der Waals surface area (Å²) in [4.78, 5) is 20.9. The molecule has 0 saturated heterocycles. The van der Waals surface area contributed by atoms with Gasteiger partial charge in [-0.05, 0) is 54.6 Å². The Hall–Kier alpha value is -3.48. The summed E-state index contributed by atoms with van der Waals surface area (Å²) in [6.07, 6.45) is 1.57. The first-order valence-electron chi connectivity index (χ1n) is 13.1. The maximum Gasteiger partial charge on any atom is 0.321 e. The number of anilines is 1. The molecule has 5 nitrogen and oxygen atoms in total. The molecule has 0 amide bonds. The van der Waals surface area contributed by atoms with Crippen LogP contribution in [0.5, 0.6) is 0 Å². The Morgan fingerprint density at radius 1 is 0.842 bits per heavy atom. The number of likely N-dealkylation sites (N-methyl/N-ethyl adjacent to an activating group) is 1. The van der Waals surface area contributed by atoms with Gasteiger partial charge in [-0.15, -0.1) is 11.3 Å². The molecule has 1 N–H and O–H groups in total. The molecular formula is C32H37N3O2S. The molecule has 0 radical (unpaired) electrons. The highest BCUT2D eigenvalue weighted by Gasteiger charge is 2.24. The standard InChI is InChI=1S/C32H37N3O2S/c1-23(2)18-25-10-12-26(13-11-25)20-34(3)28-16-14-27(15-17-28)29-22-38-31(33-29)21-35(4)30(32(36)37)19-24-8-6-5-7-9-24/h5-17,22-23,30H,18-21H2,1-4H3,(H,36,37). The summed E-state index contributed by atoms with van der Waals surface area (Å²) in [6, 6.07) is 26.6. The summed E-state index contributed by atoms with van der Waals surface area (Å²) in [7, 11) is 3.97. The molecule has 38 heavy (non-hydrogen) atoms. The van der Waals surface area contributed by atoms with Crippen LogP contribution in [0.2, 0.25) is 0 Å². The van der Waals surface area contributed by atoms with Crippen molar-refractivity contribution in [2.24, 2.45) is 5.92 Å². The van der Waals surface area contributed by atoms with Crippen molar-refractivity contribution in [1.29, 1.82) is 0 Å². The Kier molecular flexibility index (Phi) is 9.32. The van der Waals surface area contributed by atoms with E-state index in [0.717, 1.165) is 40.5 Å². The largest absolute Gasteiger partial charge is 0.480 e. The van der Waals surface area contributed by atoms with Crippen LogP contribution in [0.3, 0.4) is 0 Å². The summed E-state index contributed by atoms with van der Waals surface area (Å²) in [5.74, 6) is -0.155. The molecule has 198 valence electrons. The first-order valence-corrected chi connectivity index (χ1v) is 14.0. The molecule has 0 aliphatic rings. The minimum atomic E-state index is -0.820. The van der Waals surface area contributed by atoms with Crippen molar-refractivity contribution in [2.75, 3.05) is 19.0 Å². The lowest BCUT2D eigenvalue weighted by molar-refractivity contribution is -0.142. The quantitative estimate of drug-likeness (QED) is 0.220. The van der Waals surface area contributed by atoms with Gasteiger partial charge in [0, 0.05) is 30.2 Å². The number of carbonyl (C=O) groups is 1. The van der Waals surface area contributed by atoms with E-state index in [1.807, 2.05) is 47.7 Å². The molecule has 1 atom stereocenters. The van der Waals surface area contributed by atoms with Crippen LogP contribution in [-0.4, -0.2) is 41.1 Å². The first kappa shape index (κ1) is 27.6. The van der Waals surface area contributed by atoms with Gasteiger partial charge >= 0.3 is 5.97 Å². The van der Waals surface area contributed by atoms with Crippen molar-refractivity contribution in [1.82, 2.24) is 9.88 Å².